The number of carbonyl (C=O) groups is 1. The average molecular weight is 486 g/mol. The van der Waals surface area contributed by atoms with Crippen LogP contribution in [0.2, 0.25) is 0 Å². The number of carbonyl (C=O) groups excluding carboxylic acids is 1. The molecule has 9 heteroatoms. The van der Waals surface area contributed by atoms with Crippen molar-refractivity contribution in [3.63, 3.8) is 0 Å². The molecule has 2 aliphatic rings. The summed E-state index contributed by atoms with van der Waals surface area (Å²) in [4.78, 5) is 24.4. The summed E-state index contributed by atoms with van der Waals surface area (Å²) in [6.45, 7) is 7.33. The molecule has 1 aliphatic carbocycles. The van der Waals surface area contributed by atoms with E-state index in [1.54, 1.807) is 23.3 Å². The van der Waals surface area contributed by atoms with Crippen molar-refractivity contribution in [3.05, 3.63) is 65.4 Å². The predicted octanol–water partition coefficient (Wildman–Crippen LogP) is 3.57. The Kier molecular flexibility index (Phi) is 6.81. The van der Waals surface area contributed by atoms with E-state index in [2.05, 4.69) is 31.4 Å². The van der Waals surface area contributed by atoms with Gasteiger partial charge in [0.2, 0.25) is 0 Å². The summed E-state index contributed by atoms with van der Waals surface area (Å²) in [5.41, 5.74) is 3.01. The minimum absolute atomic E-state index is 0.263. The third-order valence-electron chi connectivity index (χ3n) is 7.46. The molecule has 2 fully saturated rings. The lowest BCUT2D eigenvalue weighted by Gasteiger charge is -2.41. The quantitative estimate of drug-likeness (QED) is 0.588. The van der Waals surface area contributed by atoms with E-state index in [9.17, 15) is 10.1 Å². The molecule has 5 rings (SSSR count). The van der Waals surface area contributed by atoms with Crippen LogP contribution in [0.5, 0.6) is 0 Å². The van der Waals surface area contributed by atoms with Crippen LogP contribution in [0.3, 0.4) is 0 Å². The van der Waals surface area contributed by atoms with E-state index in [4.69, 9.17) is 4.74 Å². The largest absolute Gasteiger partial charge is 0.379 e. The number of aromatic nitrogens is 4. The Hall–Kier alpha value is -3.61. The van der Waals surface area contributed by atoms with Gasteiger partial charge >= 0.3 is 0 Å². The second-order valence-corrected chi connectivity index (χ2v) is 9.71. The number of aryl methyl sites for hydroxylation is 1. The predicted molar refractivity (Wildman–Crippen MR) is 135 cm³/mol. The van der Waals surface area contributed by atoms with E-state index >= 15 is 0 Å². The van der Waals surface area contributed by atoms with E-state index in [1.807, 2.05) is 38.1 Å². The molecule has 1 saturated heterocycles. The number of nitrogens with one attached hydrogen (secondary N) is 1. The summed E-state index contributed by atoms with van der Waals surface area (Å²) >= 11 is 0. The highest BCUT2D eigenvalue weighted by Crippen LogP contribution is 2.40. The summed E-state index contributed by atoms with van der Waals surface area (Å²) in [6.07, 6.45) is 8.49. The Bertz CT molecular complexity index is 1250. The lowest BCUT2D eigenvalue weighted by atomic mass is 9.71. The van der Waals surface area contributed by atoms with Gasteiger partial charge in [0.25, 0.3) is 5.91 Å². The van der Waals surface area contributed by atoms with Crippen molar-refractivity contribution in [2.75, 3.05) is 31.6 Å². The molecule has 186 valence electrons. The number of rotatable bonds is 5. The first-order valence-electron chi connectivity index (χ1n) is 12.5. The van der Waals surface area contributed by atoms with E-state index in [0.29, 0.717) is 28.8 Å². The van der Waals surface area contributed by atoms with Crippen LogP contribution in [0, 0.1) is 25.2 Å². The van der Waals surface area contributed by atoms with Crippen LogP contribution in [0.4, 0.5) is 5.69 Å². The molecule has 1 amide bonds. The molecule has 0 bridgehead atoms. The zero-order valence-corrected chi connectivity index (χ0v) is 20.8. The van der Waals surface area contributed by atoms with Crippen LogP contribution in [0.15, 0.2) is 42.9 Å². The van der Waals surface area contributed by atoms with Gasteiger partial charge in [-0.05, 0) is 63.3 Å². The Balaban J connectivity index is 1.25. The second-order valence-electron chi connectivity index (χ2n) is 9.71. The molecule has 1 aliphatic heterocycles. The van der Waals surface area contributed by atoms with Gasteiger partial charge < -0.3 is 10.1 Å². The summed E-state index contributed by atoms with van der Waals surface area (Å²) in [7, 11) is 0. The van der Waals surface area contributed by atoms with Gasteiger partial charge in [0.15, 0.2) is 5.82 Å². The van der Waals surface area contributed by atoms with Crippen molar-refractivity contribution < 1.29 is 9.53 Å². The fourth-order valence-corrected chi connectivity index (χ4v) is 5.23. The zero-order valence-electron chi connectivity index (χ0n) is 20.8. The molecule has 0 aromatic carbocycles. The molecule has 9 nitrogen and oxygen atoms in total. The lowest BCUT2D eigenvalue weighted by molar-refractivity contribution is 0.00493. The van der Waals surface area contributed by atoms with Crippen LogP contribution in [-0.2, 0) is 10.2 Å². The smallest absolute Gasteiger partial charge is 0.259 e. The van der Waals surface area contributed by atoms with Crippen LogP contribution in [0.1, 0.15) is 53.0 Å². The Labute approximate surface area is 211 Å². The van der Waals surface area contributed by atoms with E-state index in [1.165, 1.54) is 0 Å². The minimum Gasteiger partial charge on any atom is -0.379 e. The highest BCUT2D eigenvalue weighted by Gasteiger charge is 2.40. The minimum atomic E-state index is -0.579. The molecule has 0 radical (unpaired) electrons. The van der Waals surface area contributed by atoms with Crippen molar-refractivity contribution in [2.24, 2.45) is 0 Å². The summed E-state index contributed by atoms with van der Waals surface area (Å²) < 4.78 is 7.13. The van der Waals surface area contributed by atoms with E-state index < -0.39 is 5.41 Å². The topological polar surface area (TPSA) is 109 Å². The molecule has 36 heavy (non-hydrogen) atoms. The maximum absolute atomic E-state index is 12.9. The number of morpholine rings is 1. The van der Waals surface area contributed by atoms with Gasteiger partial charge in [0, 0.05) is 25.3 Å². The Morgan fingerprint density at radius 3 is 2.50 bits per heavy atom. The molecule has 4 heterocycles. The fraction of sp³-hybridized carbons (Fsp3) is 0.444. The van der Waals surface area contributed by atoms with Crippen LogP contribution >= 0.6 is 0 Å². The second kappa shape index (κ2) is 10.2. The van der Waals surface area contributed by atoms with Crippen molar-refractivity contribution in [2.45, 2.75) is 51.0 Å². The molecule has 0 atom stereocenters. The molecule has 3 aromatic rings. The number of ether oxygens (including phenoxy) is 1. The first kappa shape index (κ1) is 24.1. The maximum Gasteiger partial charge on any atom is 0.259 e. The van der Waals surface area contributed by atoms with Crippen LogP contribution < -0.4 is 5.32 Å². The van der Waals surface area contributed by atoms with Crippen molar-refractivity contribution >= 4 is 11.6 Å². The standard InChI is InChI=1S/C27H31N7O2/c1-19-3-6-25(30-15-19)34-20(2)23(17-31-34)26(35)32-21-4-5-24(29-16-21)27(18-28)9-7-22(8-10-27)33-11-13-36-14-12-33/h3-6,15-17,22H,7-14H2,1-2H3,(H,32,35). The first-order valence-corrected chi connectivity index (χ1v) is 12.5. The van der Waals surface area contributed by atoms with Crippen LogP contribution in [-0.4, -0.2) is 62.9 Å². The van der Waals surface area contributed by atoms with Crippen molar-refractivity contribution in [1.82, 2.24) is 24.6 Å². The average Bonchev–Trinajstić information content (AvgIpc) is 3.31. The van der Waals surface area contributed by atoms with Gasteiger partial charge in [-0.2, -0.15) is 10.4 Å². The molecule has 0 spiro atoms. The van der Waals surface area contributed by atoms with Gasteiger partial charge in [-0.25, -0.2) is 9.67 Å². The molecular weight excluding hydrogens is 454 g/mol. The normalized spacial score (nSPS) is 22.6. The Morgan fingerprint density at radius 2 is 1.86 bits per heavy atom. The SMILES string of the molecule is Cc1ccc(-n2ncc(C(=O)Nc3ccc(C4(C#N)CCC(N5CCOCC5)CC4)nc3)c2C)nc1. The molecule has 3 aromatic heterocycles. The monoisotopic (exact) mass is 485 g/mol. The van der Waals surface area contributed by atoms with Gasteiger partial charge in [-0.3, -0.25) is 14.7 Å². The Morgan fingerprint density at radius 1 is 1.08 bits per heavy atom. The molecular formula is C27H31N7O2. The van der Waals surface area contributed by atoms with E-state index in [0.717, 1.165) is 63.2 Å². The number of amides is 1. The van der Waals surface area contributed by atoms with Crippen molar-refractivity contribution in [3.8, 4) is 11.9 Å². The first-order chi connectivity index (χ1) is 17.5. The lowest BCUT2D eigenvalue weighted by Crippen LogP contribution is -2.47. The highest BCUT2D eigenvalue weighted by atomic mass is 16.5. The highest BCUT2D eigenvalue weighted by molar-refractivity contribution is 6.04. The zero-order chi connectivity index (χ0) is 25.1. The van der Waals surface area contributed by atoms with Crippen LogP contribution in [0.25, 0.3) is 5.82 Å². The number of anilines is 1. The molecule has 1 N–H and O–H groups in total. The molecule has 1 saturated carbocycles. The summed E-state index contributed by atoms with van der Waals surface area (Å²) in [5, 5.41) is 17.3. The van der Waals surface area contributed by atoms with Crippen molar-refractivity contribution in [1.29, 1.82) is 5.26 Å². The molecule has 0 unspecified atom stereocenters. The number of nitrogens with zero attached hydrogens (tertiary/aromatic N) is 6. The van der Waals surface area contributed by atoms with Gasteiger partial charge in [0.1, 0.15) is 0 Å². The maximum atomic E-state index is 12.9. The van der Waals surface area contributed by atoms with E-state index in [-0.39, 0.29) is 5.91 Å². The number of nitriles is 1. The summed E-state index contributed by atoms with van der Waals surface area (Å²) in [6, 6.07) is 10.6. The summed E-state index contributed by atoms with van der Waals surface area (Å²) in [5.74, 6) is 0.398. The van der Waals surface area contributed by atoms with Gasteiger partial charge in [-0.1, -0.05) is 6.07 Å². The number of pyridine rings is 2. The van der Waals surface area contributed by atoms with Gasteiger partial charge in [0.05, 0.1) is 59.7 Å². The third kappa shape index (κ3) is 4.74. The van der Waals surface area contributed by atoms with Gasteiger partial charge in [-0.15, -0.1) is 0 Å². The number of hydrogen-bond donors (Lipinski definition) is 1. The third-order valence-corrected chi connectivity index (χ3v) is 7.46. The fourth-order valence-electron chi connectivity index (χ4n) is 5.23. The number of hydrogen-bond acceptors (Lipinski definition) is 7.